The van der Waals surface area contributed by atoms with Gasteiger partial charge in [-0.3, -0.25) is 0 Å². The van der Waals surface area contributed by atoms with E-state index in [9.17, 15) is 0 Å². The van der Waals surface area contributed by atoms with Crippen molar-refractivity contribution >= 4 is 24.2 Å². The highest BCUT2D eigenvalue weighted by atomic mass is 35.5. The van der Waals surface area contributed by atoms with Gasteiger partial charge in [-0.25, -0.2) is 0 Å². The Labute approximate surface area is 102 Å². The predicted molar refractivity (Wildman–Crippen MR) is 68.7 cm³/mol. The van der Waals surface area contributed by atoms with E-state index in [0.29, 0.717) is 12.5 Å². The Hall–Kier alpha value is -0.180. The molecule has 0 fully saturated rings. The summed E-state index contributed by atoms with van der Waals surface area (Å²) < 4.78 is 5.61. The summed E-state index contributed by atoms with van der Waals surface area (Å²) in [5.74, 6) is 1.44. The zero-order valence-corrected chi connectivity index (χ0v) is 10.6. The van der Waals surface area contributed by atoms with E-state index in [-0.39, 0.29) is 0 Å². The zero-order valence-electron chi connectivity index (χ0n) is 8.95. The van der Waals surface area contributed by atoms with Crippen LogP contribution in [0, 0.1) is 5.92 Å². The topological polar surface area (TPSA) is 9.23 Å². The van der Waals surface area contributed by atoms with Gasteiger partial charge in [0.1, 0.15) is 0 Å². The Kier molecular flexibility index (Phi) is 6.15. The second-order valence-electron chi connectivity index (χ2n) is 3.60. The fourth-order valence-corrected chi connectivity index (χ4v) is 1.71. The molecular formula is C12H17ClOS. The van der Waals surface area contributed by atoms with E-state index in [2.05, 4.69) is 19.6 Å². The minimum atomic E-state index is 0.556. The van der Waals surface area contributed by atoms with Crippen molar-refractivity contribution in [3.63, 3.8) is 0 Å². The lowest BCUT2D eigenvalue weighted by atomic mass is 10.1. The summed E-state index contributed by atoms with van der Waals surface area (Å²) in [7, 11) is 0. The van der Waals surface area contributed by atoms with E-state index in [1.807, 2.05) is 24.3 Å². The first-order valence-corrected chi connectivity index (χ1v) is 6.20. The molecule has 0 aliphatic rings. The summed E-state index contributed by atoms with van der Waals surface area (Å²) in [5.41, 5.74) is 1.16. The molecule has 1 nitrogen and oxygen atoms in total. The highest BCUT2D eigenvalue weighted by Crippen LogP contribution is 2.11. The smallest absolute Gasteiger partial charge is 0.0717 e. The molecule has 0 bridgehead atoms. The molecule has 0 saturated heterocycles. The van der Waals surface area contributed by atoms with Crippen LogP contribution in [0.3, 0.4) is 0 Å². The molecule has 0 aliphatic heterocycles. The van der Waals surface area contributed by atoms with Crippen LogP contribution in [0.2, 0.25) is 5.02 Å². The molecule has 0 aromatic heterocycles. The fourth-order valence-electron chi connectivity index (χ4n) is 1.22. The normalized spacial score (nSPS) is 12.7. The summed E-state index contributed by atoms with van der Waals surface area (Å²) >= 11 is 10.1. The number of ether oxygens (including phenoxy) is 1. The van der Waals surface area contributed by atoms with Crippen LogP contribution >= 0.6 is 24.2 Å². The number of halogens is 1. The van der Waals surface area contributed by atoms with E-state index in [1.54, 1.807) is 0 Å². The molecule has 1 aromatic carbocycles. The van der Waals surface area contributed by atoms with Crippen molar-refractivity contribution in [1.29, 1.82) is 0 Å². The van der Waals surface area contributed by atoms with Crippen molar-refractivity contribution in [1.82, 2.24) is 0 Å². The zero-order chi connectivity index (χ0) is 11.1. The Morgan fingerprint density at radius 2 is 2.00 bits per heavy atom. The van der Waals surface area contributed by atoms with Crippen LogP contribution in [-0.4, -0.2) is 12.4 Å². The average molecular weight is 245 g/mol. The second-order valence-corrected chi connectivity index (χ2v) is 4.40. The van der Waals surface area contributed by atoms with Gasteiger partial charge >= 0.3 is 0 Å². The summed E-state index contributed by atoms with van der Waals surface area (Å²) in [6.45, 7) is 3.59. The number of rotatable bonds is 6. The van der Waals surface area contributed by atoms with Gasteiger partial charge < -0.3 is 4.74 Å². The standard InChI is InChI=1S/C12H17ClOS/c1-2-10(9-15)7-14-8-11-3-5-12(13)6-4-11/h3-6,10,15H,2,7-9H2,1H3. The van der Waals surface area contributed by atoms with Crippen LogP contribution < -0.4 is 0 Å². The molecule has 0 saturated carbocycles. The summed E-state index contributed by atoms with van der Waals surface area (Å²) in [6, 6.07) is 7.75. The molecule has 3 heteroatoms. The third-order valence-electron chi connectivity index (χ3n) is 2.37. The van der Waals surface area contributed by atoms with Gasteiger partial charge in [-0.15, -0.1) is 0 Å². The Bertz CT molecular complexity index is 269. The molecule has 1 rings (SSSR count). The molecule has 0 heterocycles. The van der Waals surface area contributed by atoms with Gasteiger partial charge in [-0.2, -0.15) is 12.6 Å². The number of benzene rings is 1. The minimum absolute atomic E-state index is 0.556. The van der Waals surface area contributed by atoms with Crippen LogP contribution in [0.5, 0.6) is 0 Å². The lowest BCUT2D eigenvalue weighted by molar-refractivity contribution is 0.0924. The summed E-state index contributed by atoms with van der Waals surface area (Å²) in [6.07, 6.45) is 1.12. The van der Waals surface area contributed by atoms with Gasteiger partial charge in [0, 0.05) is 5.02 Å². The molecule has 1 atom stereocenters. The Balaban J connectivity index is 2.28. The van der Waals surface area contributed by atoms with Gasteiger partial charge in [0.15, 0.2) is 0 Å². The van der Waals surface area contributed by atoms with Crippen LogP contribution in [0.1, 0.15) is 18.9 Å². The highest BCUT2D eigenvalue weighted by molar-refractivity contribution is 7.80. The molecule has 0 spiro atoms. The monoisotopic (exact) mass is 244 g/mol. The first-order chi connectivity index (χ1) is 7.26. The molecule has 0 amide bonds. The van der Waals surface area contributed by atoms with Gasteiger partial charge in [0.25, 0.3) is 0 Å². The van der Waals surface area contributed by atoms with Gasteiger partial charge in [-0.1, -0.05) is 37.1 Å². The van der Waals surface area contributed by atoms with E-state index in [0.717, 1.165) is 29.4 Å². The molecule has 0 N–H and O–H groups in total. The minimum Gasteiger partial charge on any atom is -0.376 e. The molecule has 1 aromatic rings. The molecule has 84 valence electrons. The Morgan fingerprint density at radius 3 is 2.53 bits per heavy atom. The number of hydrogen-bond acceptors (Lipinski definition) is 2. The van der Waals surface area contributed by atoms with Crippen molar-refractivity contribution in [3.8, 4) is 0 Å². The molecular weight excluding hydrogens is 228 g/mol. The molecule has 0 aliphatic carbocycles. The maximum atomic E-state index is 5.79. The van der Waals surface area contributed by atoms with Crippen LogP contribution in [0.15, 0.2) is 24.3 Å². The molecule has 1 unspecified atom stereocenters. The second kappa shape index (κ2) is 7.15. The first kappa shape index (κ1) is 12.9. The van der Waals surface area contributed by atoms with E-state index in [4.69, 9.17) is 16.3 Å². The lowest BCUT2D eigenvalue weighted by Gasteiger charge is -2.12. The van der Waals surface area contributed by atoms with Crippen molar-refractivity contribution in [2.24, 2.45) is 5.92 Å². The van der Waals surface area contributed by atoms with Crippen molar-refractivity contribution in [2.75, 3.05) is 12.4 Å². The largest absolute Gasteiger partial charge is 0.376 e. The maximum absolute atomic E-state index is 5.79. The van der Waals surface area contributed by atoms with E-state index in [1.165, 1.54) is 0 Å². The summed E-state index contributed by atoms with van der Waals surface area (Å²) in [4.78, 5) is 0. The van der Waals surface area contributed by atoms with Gasteiger partial charge in [0.05, 0.1) is 13.2 Å². The first-order valence-electron chi connectivity index (χ1n) is 5.19. The number of hydrogen-bond donors (Lipinski definition) is 1. The van der Waals surface area contributed by atoms with Crippen molar-refractivity contribution < 1.29 is 4.74 Å². The number of thiol groups is 1. The molecule has 15 heavy (non-hydrogen) atoms. The lowest BCUT2D eigenvalue weighted by Crippen LogP contribution is -2.10. The average Bonchev–Trinajstić information content (AvgIpc) is 2.27. The van der Waals surface area contributed by atoms with Gasteiger partial charge in [0.2, 0.25) is 0 Å². The van der Waals surface area contributed by atoms with Crippen molar-refractivity contribution in [2.45, 2.75) is 20.0 Å². The quantitative estimate of drug-likeness (QED) is 0.749. The molecule has 0 radical (unpaired) electrons. The third kappa shape index (κ3) is 4.92. The van der Waals surface area contributed by atoms with E-state index >= 15 is 0 Å². The highest BCUT2D eigenvalue weighted by Gasteiger charge is 2.03. The fraction of sp³-hybridized carbons (Fsp3) is 0.500. The van der Waals surface area contributed by atoms with Crippen LogP contribution in [0.4, 0.5) is 0 Å². The van der Waals surface area contributed by atoms with Crippen molar-refractivity contribution in [3.05, 3.63) is 34.9 Å². The predicted octanol–water partition coefficient (Wildman–Crippen LogP) is 3.81. The maximum Gasteiger partial charge on any atom is 0.0717 e. The van der Waals surface area contributed by atoms with E-state index < -0.39 is 0 Å². The van der Waals surface area contributed by atoms with Crippen LogP contribution in [-0.2, 0) is 11.3 Å². The summed E-state index contributed by atoms with van der Waals surface area (Å²) in [5, 5.41) is 0.764. The third-order valence-corrected chi connectivity index (χ3v) is 3.14. The van der Waals surface area contributed by atoms with Gasteiger partial charge in [-0.05, 0) is 29.4 Å². The van der Waals surface area contributed by atoms with Crippen LogP contribution in [0.25, 0.3) is 0 Å². The SMILES string of the molecule is CCC(CS)COCc1ccc(Cl)cc1. The Morgan fingerprint density at radius 1 is 1.33 bits per heavy atom.